The second-order valence-corrected chi connectivity index (χ2v) is 4.59. The fourth-order valence-electron chi connectivity index (χ4n) is 1.88. The number of hydrogen-bond acceptors (Lipinski definition) is 2. The van der Waals surface area contributed by atoms with Crippen molar-refractivity contribution >= 4 is 23.4 Å². The zero-order chi connectivity index (χ0) is 13.3. The zero-order valence-electron chi connectivity index (χ0n) is 9.74. The first-order chi connectivity index (χ1) is 8.49. The number of nitrogens with zero attached hydrogens (tertiary/aromatic N) is 1. The van der Waals surface area contributed by atoms with Gasteiger partial charge < -0.3 is 10.2 Å². The monoisotopic (exact) mass is 270 g/mol. The van der Waals surface area contributed by atoms with Crippen molar-refractivity contribution < 1.29 is 14.0 Å². The lowest BCUT2D eigenvalue weighted by Gasteiger charge is -2.31. The number of piperazine rings is 1. The van der Waals surface area contributed by atoms with Gasteiger partial charge in [0.1, 0.15) is 11.9 Å². The van der Waals surface area contributed by atoms with Crippen molar-refractivity contribution in [2.45, 2.75) is 19.5 Å². The predicted octanol–water partition coefficient (Wildman–Crippen LogP) is 1.33. The van der Waals surface area contributed by atoms with Gasteiger partial charge in [0.2, 0.25) is 11.8 Å². The van der Waals surface area contributed by atoms with Crippen LogP contribution in [0.1, 0.15) is 12.5 Å². The van der Waals surface area contributed by atoms with E-state index in [4.69, 9.17) is 11.6 Å². The standard InChI is InChI=1S/C12H12ClFN2O2/c1-7-12(18)16(6-11(17)15-7)5-8-9(13)3-2-4-10(8)14/h2-4,7H,5-6H2,1H3,(H,15,17). The molecule has 2 amide bonds. The number of carbonyl (C=O) groups excluding carboxylic acids is 2. The predicted molar refractivity (Wildman–Crippen MR) is 64.4 cm³/mol. The highest BCUT2D eigenvalue weighted by atomic mass is 35.5. The van der Waals surface area contributed by atoms with Crippen molar-refractivity contribution in [2.75, 3.05) is 6.54 Å². The van der Waals surface area contributed by atoms with Crippen LogP contribution < -0.4 is 5.32 Å². The molecule has 1 atom stereocenters. The van der Waals surface area contributed by atoms with Gasteiger partial charge in [0, 0.05) is 10.6 Å². The third kappa shape index (κ3) is 2.46. The van der Waals surface area contributed by atoms with Crippen LogP contribution >= 0.6 is 11.6 Å². The van der Waals surface area contributed by atoms with E-state index in [0.29, 0.717) is 0 Å². The van der Waals surface area contributed by atoms with Gasteiger partial charge in [-0.2, -0.15) is 0 Å². The average molecular weight is 271 g/mol. The Bertz CT molecular complexity index is 487. The summed E-state index contributed by atoms with van der Waals surface area (Å²) in [7, 11) is 0. The van der Waals surface area contributed by atoms with E-state index in [2.05, 4.69) is 5.32 Å². The highest BCUT2D eigenvalue weighted by Crippen LogP contribution is 2.21. The number of hydrogen-bond donors (Lipinski definition) is 1. The van der Waals surface area contributed by atoms with E-state index in [9.17, 15) is 14.0 Å². The van der Waals surface area contributed by atoms with E-state index in [0.717, 1.165) is 0 Å². The molecule has 1 aromatic rings. The molecular weight excluding hydrogens is 259 g/mol. The molecule has 18 heavy (non-hydrogen) atoms. The maximum absolute atomic E-state index is 13.6. The van der Waals surface area contributed by atoms with Crippen LogP contribution in [0.4, 0.5) is 4.39 Å². The van der Waals surface area contributed by atoms with Crippen molar-refractivity contribution in [1.82, 2.24) is 10.2 Å². The molecule has 0 saturated carbocycles. The molecule has 0 radical (unpaired) electrons. The number of nitrogens with one attached hydrogen (secondary N) is 1. The lowest BCUT2D eigenvalue weighted by Crippen LogP contribution is -2.56. The van der Waals surface area contributed by atoms with E-state index in [1.165, 1.54) is 17.0 Å². The molecule has 0 bridgehead atoms. The third-order valence-corrected chi connectivity index (χ3v) is 3.16. The van der Waals surface area contributed by atoms with Crippen LogP contribution in [0, 0.1) is 5.82 Å². The van der Waals surface area contributed by atoms with Gasteiger partial charge in [0.05, 0.1) is 13.1 Å². The largest absolute Gasteiger partial charge is 0.343 e. The molecular formula is C12H12ClFN2O2. The second-order valence-electron chi connectivity index (χ2n) is 4.18. The van der Waals surface area contributed by atoms with Crippen LogP contribution in [0.2, 0.25) is 5.02 Å². The number of amides is 2. The van der Waals surface area contributed by atoms with E-state index < -0.39 is 11.9 Å². The van der Waals surface area contributed by atoms with Crippen molar-refractivity contribution in [1.29, 1.82) is 0 Å². The van der Waals surface area contributed by atoms with Gasteiger partial charge in [-0.05, 0) is 19.1 Å². The summed E-state index contributed by atoms with van der Waals surface area (Å²) in [5.74, 6) is -0.975. The molecule has 1 aromatic carbocycles. The van der Waals surface area contributed by atoms with Gasteiger partial charge >= 0.3 is 0 Å². The quantitative estimate of drug-likeness (QED) is 0.881. The smallest absolute Gasteiger partial charge is 0.245 e. The van der Waals surface area contributed by atoms with Gasteiger partial charge in [-0.15, -0.1) is 0 Å². The molecule has 96 valence electrons. The van der Waals surface area contributed by atoms with Gasteiger partial charge in [-0.3, -0.25) is 9.59 Å². The first-order valence-electron chi connectivity index (χ1n) is 5.50. The van der Waals surface area contributed by atoms with E-state index >= 15 is 0 Å². The van der Waals surface area contributed by atoms with Crippen molar-refractivity contribution in [3.8, 4) is 0 Å². The Morgan fingerprint density at radius 1 is 1.50 bits per heavy atom. The Balaban J connectivity index is 2.23. The fraction of sp³-hybridized carbons (Fsp3) is 0.333. The van der Waals surface area contributed by atoms with E-state index in [-0.39, 0.29) is 35.5 Å². The minimum absolute atomic E-state index is 0.00208. The Hall–Kier alpha value is -1.62. The minimum Gasteiger partial charge on any atom is -0.343 e. The lowest BCUT2D eigenvalue weighted by atomic mass is 10.1. The molecule has 1 saturated heterocycles. The summed E-state index contributed by atoms with van der Waals surface area (Å²) in [5.41, 5.74) is 0.231. The Morgan fingerprint density at radius 3 is 2.89 bits per heavy atom. The van der Waals surface area contributed by atoms with Gasteiger partial charge in [0.25, 0.3) is 0 Å². The number of halogens is 2. The summed E-state index contributed by atoms with van der Waals surface area (Å²) in [6.45, 7) is 1.52. The molecule has 1 N–H and O–H groups in total. The van der Waals surface area contributed by atoms with Crippen molar-refractivity contribution in [2.24, 2.45) is 0 Å². The number of rotatable bonds is 2. The van der Waals surface area contributed by atoms with Crippen LogP contribution in [0.3, 0.4) is 0 Å². The lowest BCUT2D eigenvalue weighted by molar-refractivity contribution is -0.144. The topological polar surface area (TPSA) is 49.4 Å². The van der Waals surface area contributed by atoms with Crippen molar-refractivity contribution in [3.05, 3.63) is 34.6 Å². The first kappa shape index (κ1) is 12.8. The van der Waals surface area contributed by atoms with Crippen LogP contribution in [0.25, 0.3) is 0 Å². The molecule has 2 rings (SSSR count). The summed E-state index contributed by atoms with van der Waals surface area (Å²) >= 11 is 5.89. The van der Waals surface area contributed by atoms with Gasteiger partial charge in [-0.25, -0.2) is 4.39 Å². The summed E-state index contributed by atoms with van der Waals surface area (Å²) in [5, 5.41) is 2.77. The highest BCUT2D eigenvalue weighted by Gasteiger charge is 2.30. The fourth-order valence-corrected chi connectivity index (χ4v) is 2.10. The molecule has 0 spiro atoms. The van der Waals surface area contributed by atoms with Crippen molar-refractivity contribution in [3.63, 3.8) is 0 Å². The summed E-state index contributed by atoms with van der Waals surface area (Å²) < 4.78 is 13.6. The molecule has 6 heteroatoms. The summed E-state index contributed by atoms with van der Waals surface area (Å²) in [4.78, 5) is 24.5. The Kier molecular flexibility index (Phi) is 3.52. The number of carbonyl (C=O) groups is 2. The number of benzene rings is 1. The van der Waals surface area contributed by atoms with Gasteiger partial charge in [-0.1, -0.05) is 17.7 Å². The third-order valence-electron chi connectivity index (χ3n) is 2.80. The zero-order valence-corrected chi connectivity index (χ0v) is 10.5. The molecule has 1 unspecified atom stereocenters. The first-order valence-corrected chi connectivity index (χ1v) is 5.88. The van der Waals surface area contributed by atoms with Crippen LogP contribution in [-0.2, 0) is 16.1 Å². The maximum Gasteiger partial charge on any atom is 0.245 e. The molecule has 1 aliphatic rings. The minimum atomic E-state index is -0.586. The molecule has 1 heterocycles. The van der Waals surface area contributed by atoms with Crippen LogP contribution in [0.5, 0.6) is 0 Å². The normalized spacial score (nSPS) is 19.9. The maximum atomic E-state index is 13.6. The highest BCUT2D eigenvalue weighted by molar-refractivity contribution is 6.31. The Morgan fingerprint density at radius 2 is 2.22 bits per heavy atom. The molecule has 1 aliphatic heterocycles. The molecule has 1 fully saturated rings. The van der Waals surface area contributed by atoms with E-state index in [1.807, 2.05) is 0 Å². The molecule has 0 aliphatic carbocycles. The second kappa shape index (κ2) is 4.94. The van der Waals surface area contributed by atoms with Crippen LogP contribution in [0.15, 0.2) is 18.2 Å². The van der Waals surface area contributed by atoms with Gasteiger partial charge in [0.15, 0.2) is 0 Å². The van der Waals surface area contributed by atoms with E-state index in [1.54, 1.807) is 13.0 Å². The average Bonchev–Trinajstić information content (AvgIpc) is 2.30. The Labute approximate surface area is 109 Å². The SMILES string of the molecule is CC1NC(=O)CN(Cc2c(F)cccc2Cl)C1=O. The summed E-state index contributed by atoms with van der Waals surface area (Å²) in [6, 6.07) is 3.74. The molecule has 4 nitrogen and oxygen atoms in total. The van der Waals surface area contributed by atoms with Crippen LogP contribution in [-0.4, -0.2) is 29.3 Å². The molecule has 0 aromatic heterocycles. The summed E-state index contributed by atoms with van der Waals surface area (Å²) in [6.07, 6.45) is 0.